The standard InChI is InChI=1S/C26H29ClN4O5/c1-18(34-4)12-22(6-5-11-35-16-26(2,3)36-24(32)14-28)30-17-29-31-15-20(13-23(31)25(30)33)19-7-9-21(27)10-8-19/h5-10,12-13,15,17H,1,11,14,16,28H2,2-4H3/b6-5-,22-12+. The van der Waals surface area contributed by atoms with Crippen molar-refractivity contribution in [1.29, 1.82) is 0 Å². The Balaban J connectivity index is 1.83. The van der Waals surface area contributed by atoms with E-state index in [0.29, 0.717) is 22.0 Å². The molecule has 0 aliphatic rings. The molecule has 2 heterocycles. The van der Waals surface area contributed by atoms with Crippen molar-refractivity contribution in [1.82, 2.24) is 14.2 Å². The molecule has 0 unspecified atom stereocenters. The Labute approximate surface area is 214 Å². The number of aromatic nitrogens is 3. The first-order valence-electron chi connectivity index (χ1n) is 11.1. The van der Waals surface area contributed by atoms with Gasteiger partial charge in [-0.3, -0.25) is 14.2 Å². The van der Waals surface area contributed by atoms with Gasteiger partial charge in [0.15, 0.2) is 0 Å². The summed E-state index contributed by atoms with van der Waals surface area (Å²) in [6.45, 7) is 7.45. The number of allylic oxidation sites excluding steroid dienone is 3. The van der Waals surface area contributed by atoms with Gasteiger partial charge in [0.25, 0.3) is 5.56 Å². The number of carbonyl (C=O) groups is 1. The van der Waals surface area contributed by atoms with E-state index < -0.39 is 11.6 Å². The van der Waals surface area contributed by atoms with Gasteiger partial charge in [-0.25, -0.2) is 4.52 Å². The summed E-state index contributed by atoms with van der Waals surface area (Å²) < 4.78 is 19.0. The number of ether oxygens (including phenoxy) is 3. The number of hydrogen-bond acceptors (Lipinski definition) is 7. The van der Waals surface area contributed by atoms with Crippen LogP contribution in [0, 0.1) is 0 Å². The predicted molar refractivity (Wildman–Crippen MR) is 140 cm³/mol. The molecule has 3 aromatic rings. The Morgan fingerprint density at radius 3 is 2.64 bits per heavy atom. The smallest absolute Gasteiger partial charge is 0.320 e. The van der Waals surface area contributed by atoms with E-state index in [-0.39, 0.29) is 25.3 Å². The average molecular weight is 513 g/mol. The van der Waals surface area contributed by atoms with Gasteiger partial charge in [-0.1, -0.05) is 36.4 Å². The molecule has 0 atom stereocenters. The highest BCUT2D eigenvalue weighted by Crippen LogP contribution is 2.23. The van der Waals surface area contributed by atoms with Crippen LogP contribution in [0.4, 0.5) is 0 Å². The van der Waals surface area contributed by atoms with Crippen LogP contribution in [-0.2, 0) is 19.0 Å². The maximum absolute atomic E-state index is 13.3. The lowest BCUT2D eigenvalue weighted by atomic mass is 10.1. The van der Waals surface area contributed by atoms with Crippen LogP contribution in [-0.4, -0.2) is 52.6 Å². The molecule has 1 aromatic carbocycles. The van der Waals surface area contributed by atoms with Gasteiger partial charge in [0.05, 0.1) is 32.6 Å². The minimum absolute atomic E-state index is 0.165. The van der Waals surface area contributed by atoms with Crippen LogP contribution in [0.25, 0.3) is 22.3 Å². The number of esters is 1. The molecule has 0 saturated heterocycles. The summed E-state index contributed by atoms with van der Waals surface area (Å²) in [7, 11) is 1.49. The summed E-state index contributed by atoms with van der Waals surface area (Å²) in [5, 5.41) is 5.02. The van der Waals surface area contributed by atoms with E-state index in [1.807, 2.05) is 12.1 Å². The summed E-state index contributed by atoms with van der Waals surface area (Å²) >= 11 is 5.99. The van der Waals surface area contributed by atoms with E-state index in [1.54, 1.807) is 56.5 Å². The third-order valence-corrected chi connectivity index (χ3v) is 5.32. The Morgan fingerprint density at radius 2 is 1.97 bits per heavy atom. The van der Waals surface area contributed by atoms with Crippen molar-refractivity contribution in [3.63, 3.8) is 0 Å². The fraction of sp³-hybridized carbons (Fsp3) is 0.269. The number of hydrogen-bond donors (Lipinski definition) is 1. The van der Waals surface area contributed by atoms with E-state index in [0.717, 1.165) is 11.1 Å². The van der Waals surface area contributed by atoms with E-state index in [2.05, 4.69) is 11.7 Å². The monoisotopic (exact) mass is 512 g/mol. The Morgan fingerprint density at radius 1 is 1.25 bits per heavy atom. The number of fused-ring (bicyclic) bond motifs is 1. The third kappa shape index (κ3) is 6.94. The van der Waals surface area contributed by atoms with E-state index >= 15 is 0 Å². The van der Waals surface area contributed by atoms with Crippen LogP contribution in [0.1, 0.15) is 13.8 Å². The van der Waals surface area contributed by atoms with Gasteiger partial charge in [-0.05, 0) is 43.7 Å². The number of rotatable bonds is 11. The molecule has 2 N–H and O–H groups in total. The zero-order valence-electron chi connectivity index (χ0n) is 20.4. The van der Waals surface area contributed by atoms with Gasteiger partial charge in [-0.2, -0.15) is 5.10 Å². The Bertz CT molecular complexity index is 1350. The van der Waals surface area contributed by atoms with Crippen LogP contribution < -0.4 is 11.3 Å². The summed E-state index contributed by atoms with van der Waals surface area (Å²) in [6, 6.07) is 9.11. The fourth-order valence-electron chi connectivity index (χ4n) is 3.32. The van der Waals surface area contributed by atoms with Gasteiger partial charge >= 0.3 is 5.97 Å². The Hall–Kier alpha value is -3.66. The normalized spacial score (nSPS) is 12.3. The first-order chi connectivity index (χ1) is 17.1. The highest BCUT2D eigenvalue weighted by Gasteiger charge is 2.22. The first-order valence-corrected chi connectivity index (χ1v) is 11.5. The van der Waals surface area contributed by atoms with Crippen molar-refractivity contribution in [3.8, 4) is 11.1 Å². The number of nitrogens with zero attached hydrogens (tertiary/aromatic N) is 3. The largest absolute Gasteiger partial charge is 0.497 e. The second kappa shape index (κ2) is 11.9. The molecular weight excluding hydrogens is 484 g/mol. The van der Waals surface area contributed by atoms with Crippen molar-refractivity contribution >= 4 is 28.8 Å². The first kappa shape index (κ1) is 26.9. The molecule has 36 heavy (non-hydrogen) atoms. The fourth-order valence-corrected chi connectivity index (χ4v) is 3.44. The summed E-state index contributed by atoms with van der Waals surface area (Å²) in [5.41, 5.74) is 6.81. The second-order valence-electron chi connectivity index (χ2n) is 8.47. The van der Waals surface area contributed by atoms with Crippen molar-refractivity contribution in [2.24, 2.45) is 5.73 Å². The third-order valence-electron chi connectivity index (χ3n) is 5.07. The highest BCUT2D eigenvalue weighted by molar-refractivity contribution is 6.30. The molecule has 10 heteroatoms. The minimum Gasteiger partial charge on any atom is -0.497 e. The SMILES string of the molecule is C=C(/C=C(\C=C/COCC(C)(C)OC(=O)CN)n1cnn2cc(-c3ccc(Cl)cc3)cc2c1=O)OC. The van der Waals surface area contributed by atoms with Gasteiger partial charge in [0.1, 0.15) is 23.2 Å². The molecule has 0 amide bonds. The van der Waals surface area contributed by atoms with E-state index in [1.165, 1.54) is 22.5 Å². The predicted octanol–water partition coefficient (Wildman–Crippen LogP) is 3.67. The molecular formula is C26H29ClN4O5. The summed E-state index contributed by atoms with van der Waals surface area (Å²) in [6.07, 6.45) is 8.25. The number of benzene rings is 1. The lowest BCUT2D eigenvalue weighted by molar-refractivity contribution is -0.159. The van der Waals surface area contributed by atoms with Crippen LogP contribution in [0.15, 0.2) is 78.2 Å². The van der Waals surface area contributed by atoms with E-state index in [4.69, 9.17) is 31.5 Å². The molecule has 0 fully saturated rings. The van der Waals surface area contributed by atoms with Crippen LogP contribution >= 0.6 is 11.6 Å². The summed E-state index contributed by atoms with van der Waals surface area (Å²) in [5.74, 6) is -0.149. The maximum Gasteiger partial charge on any atom is 0.320 e. The molecule has 0 bridgehead atoms. The molecule has 0 aliphatic carbocycles. The molecule has 3 rings (SSSR count). The number of methoxy groups -OCH3 is 1. The summed E-state index contributed by atoms with van der Waals surface area (Å²) in [4.78, 5) is 24.8. The van der Waals surface area contributed by atoms with Crippen molar-refractivity contribution in [3.05, 3.63) is 88.8 Å². The molecule has 0 saturated carbocycles. The van der Waals surface area contributed by atoms with Crippen molar-refractivity contribution in [2.75, 3.05) is 26.9 Å². The number of nitrogens with two attached hydrogens (primary N) is 1. The Kier molecular flexibility index (Phi) is 8.87. The average Bonchev–Trinajstić information content (AvgIpc) is 3.28. The quantitative estimate of drug-likeness (QED) is 0.181. The lowest BCUT2D eigenvalue weighted by Gasteiger charge is -2.24. The molecule has 0 radical (unpaired) electrons. The van der Waals surface area contributed by atoms with Gasteiger partial charge in [0, 0.05) is 22.9 Å². The molecule has 0 aliphatic heterocycles. The minimum atomic E-state index is -0.823. The number of halogens is 1. The lowest BCUT2D eigenvalue weighted by Crippen LogP contribution is -2.35. The molecule has 9 nitrogen and oxygen atoms in total. The van der Waals surface area contributed by atoms with Crippen LogP contribution in [0.5, 0.6) is 0 Å². The zero-order valence-corrected chi connectivity index (χ0v) is 21.2. The van der Waals surface area contributed by atoms with Crippen LogP contribution in [0.2, 0.25) is 5.02 Å². The van der Waals surface area contributed by atoms with Crippen LogP contribution in [0.3, 0.4) is 0 Å². The topological polar surface area (TPSA) is 110 Å². The van der Waals surface area contributed by atoms with Gasteiger partial charge in [0.2, 0.25) is 0 Å². The second-order valence-corrected chi connectivity index (χ2v) is 8.90. The molecule has 190 valence electrons. The van der Waals surface area contributed by atoms with Crippen molar-refractivity contribution in [2.45, 2.75) is 19.4 Å². The number of carbonyl (C=O) groups excluding carboxylic acids is 1. The van der Waals surface area contributed by atoms with Gasteiger partial charge in [-0.15, -0.1) is 0 Å². The van der Waals surface area contributed by atoms with Gasteiger partial charge < -0.3 is 19.9 Å². The van der Waals surface area contributed by atoms with Crippen molar-refractivity contribution < 1.29 is 19.0 Å². The molecule has 0 spiro atoms. The van der Waals surface area contributed by atoms with E-state index in [9.17, 15) is 9.59 Å². The zero-order chi connectivity index (χ0) is 26.3. The maximum atomic E-state index is 13.3. The highest BCUT2D eigenvalue weighted by atomic mass is 35.5. The molecule has 2 aromatic heterocycles.